The van der Waals surface area contributed by atoms with Crippen LogP contribution in [0.25, 0.3) is 0 Å². The van der Waals surface area contributed by atoms with Gasteiger partial charge in [-0.25, -0.2) is 0 Å². The largest absolute Gasteiger partial charge is 0.493 e. The quantitative estimate of drug-likeness (QED) is 0.908. The van der Waals surface area contributed by atoms with E-state index in [2.05, 4.69) is 34.1 Å². The Morgan fingerprint density at radius 2 is 2.10 bits per heavy atom. The van der Waals surface area contributed by atoms with Crippen molar-refractivity contribution >= 4 is 15.9 Å². The van der Waals surface area contributed by atoms with Crippen LogP contribution in [0, 0.1) is 0 Å². The van der Waals surface area contributed by atoms with Gasteiger partial charge >= 0.3 is 0 Å². The molecule has 0 spiro atoms. The van der Waals surface area contributed by atoms with Crippen LogP contribution in [-0.4, -0.2) is 11.7 Å². The lowest BCUT2D eigenvalue weighted by Crippen LogP contribution is -2.23. The maximum Gasteiger partial charge on any atom is 0.133 e. The molecule has 0 heterocycles. The molecule has 0 radical (unpaired) electrons. The summed E-state index contributed by atoms with van der Waals surface area (Å²) in [5.74, 6) is 1.02. The van der Waals surface area contributed by atoms with Crippen LogP contribution in [-0.2, 0) is 6.42 Å². The topological polar surface area (TPSA) is 29.5 Å². The van der Waals surface area contributed by atoms with Crippen molar-refractivity contribution in [1.29, 1.82) is 0 Å². The average molecular weight is 333 g/mol. The molecular weight excluding hydrogens is 316 g/mol. The van der Waals surface area contributed by atoms with Gasteiger partial charge in [-0.1, -0.05) is 30.3 Å². The van der Waals surface area contributed by atoms with Crippen LogP contribution >= 0.6 is 15.9 Å². The molecule has 2 atom stereocenters. The highest BCUT2D eigenvalue weighted by atomic mass is 79.9. The normalized spacial score (nSPS) is 18.1. The van der Waals surface area contributed by atoms with Crippen molar-refractivity contribution in [1.82, 2.24) is 0 Å². The molecule has 2 aromatic carbocycles. The summed E-state index contributed by atoms with van der Waals surface area (Å²) in [6.07, 6.45) is 0.485. The third-order valence-corrected chi connectivity index (χ3v) is 4.49. The molecule has 2 aromatic rings. The Labute approximate surface area is 127 Å². The summed E-state index contributed by atoms with van der Waals surface area (Å²) in [6.45, 7) is 2.59. The molecule has 0 aliphatic heterocycles. The van der Waals surface area contributed by atoms with E-state index in [0.29, 0.717) is 6.61 Å². The number of aliphatic hydroxyl groups is 1. The van der Waals surface area contributed by atoms with Crippen molar-refractivity contribution in [3.63, 3.8) is 0 Å². The maximum absolute atomic E-state index is 10.6. The van der Waals surface area contributed by atoms with E-state index in [1.807, 2.05) is 31.2 Å². The zero-order valence-electron chi connectivity index (χ0n) is 11.3. The molecule has 3 heteroatoms. The summed E-state index contributed by atoms with van der Waals surface area (Å²) in [5, 5.41) is 10.6. The molecule has 0 fully saturated rings. The minimum absolute atomic E-state index is 0.205. The van der Waals surface area contributed by atoms with Gasteiger partial charge in [-0.3, -0.25) is 0 Å². The van der Waals surface area contributed by atoms with Crippen molar-refractivity contribution in [2.24, 2.45) is 0 Å². The Bertz CT molecular complexity index is 624. The van der Waals surface area contributed by atoms with Gasteiger partial charge in [-0.05, 0) is 58.1 Å². The van der Waals surface area contributed by atoms with Crippen LogP contribution < -0.4 is 4.74 Å². The number of benzene rings is 2. The fourth-order valence-electron chi connectivity index (χ4n) is 2.79. The van der Waals surface area contributed by atoms with E-state index in [4.69, 9.17) is 4.74 Å². The molecular formula is C17H17BrO2. The SMILES string of the molecule is CCOc1ccc(C(O)C2Cc3ccccc32)cc1Br. The number of hydrogen-bond donors (Lipinski definition) is 1. The lowest BCUT2D eigenvalue weighted by atomic mass is 9.73. The van der Waals surface area contributed by atoms with Gasteiger partial charge in [0.2, 0.25) is 0 Å². The van der Waals surface area contributed by atoms with E-state index in [1.165, 1.54) is 11.1 Å². The summed E-state index contributed by atoms with van der Waals surface area (Å²) in [7, 11) is 0. The number of ether oxygens (including phenoxy) is 1. The minimum atomic E-state index is -0.461. The van der Waals surface area contributed by atoms with E-state index in [0.717, 1.165) is 22.2 Å². The zero-order valence-corrected chi connectivity index (χ0v) is 12.9. The number of rotatable bonds is 4. The first kappa shape index (κ1) is 13.7. The predicted molar refractivity (Wildman–Crippen MR) is 83.2 cm³/mol. The van der Waals surface area contributed by atoms with Crippen LogP contribution in [0.15, 0.2) is 46.9 Å². The van der Waals surface area contributed by atoms with Gasteiger partial charge in [0.25, 0.3) is 0 Å². The fraction of sp³-hybridized carbons (Fsp3) is 0.294. The third kappa shape index (κ3) is 2.36. The first-order valence-corrected chi connectivity index (χ1v) is 7.68. The van der Waals surface area contributed by atoms with Crippen molar-refractivity contribution in [2.45, 2.75) is 25.4 Å². The fourth-order valence-corrected chi connectivity index (χ4v) is 3.30. The minimum Gasteiger partial charge on any atom is -0.493 e. The van der Waals surface area contributed by atoms with Gasteiger partial charge in [0.15, 0.2) is 0 Å². The summed E-state index contributed by atoms with van der Waals surface area (Å²) in [6, 6.07) is 14.1. The maximum atomic E-state index is 10.6. The molecule has 0 aromatic heterocycles. The predicted octanol–water partition coefficient (Wildman–Crippen LogP) is 4.22. The van der Waals surface area contributed by atoms with E-state index >= 15 is 0 Å². The van der Waals surface area contributed by atoms with E-state index in [9.17, 15) is 5.11 Å². The molecule has 104 valence electrons. The summed E-state index contributed by atoms with van der Waals surface area (Å²) in [5.41, 5.74) is 3.55. The molecule has 0 bridgehead atoms. The second-order valence-electron chi connectivity index (χ2n) is 5.08. The first-order chi connectivity index (χ1) is 9.70. The Morgan fingerprint density at radius 3 is 2.80 bits per heavy atom. The molecule has 1 aliphatic rings. The van der Waals surface area contributed by atoms with Gasteiger partial charge in [0, 0.05) is 5.92 Å². The van der Waals surface area contributed by atoms with Gasteiger partial charge in [-0.15, -0.1) is 0 Å². The standard InChI is InChI=1S/C17H17BrO2/c1-2-20-16-8-7-12(10-15(16)18)17(19)14-9-11-5-3-4-6-13(11)14/h3-8,10,14,17,19H,2,9H2,1H3. The van der Waals surface area contributed by atoms with Crippen LogP contribution in [0.3, 0.4) is 0 Å². The Hall–Kier alpha value is -1.32. The summed E-state index contributed by atoms with van der Waals surface area (Å²) in [4.78, 5) is 0. The van der Waals surface area contributed by atoms with Gasteiger partial charge in [-0.2, -0.15) is 0 Å². The number of aliphatic hydroxyl groups excluding tert-OH is 1. The van der Waals surface area contributed by atoms with Crippen LogP contribution in [0.4, 0.5) is 0 Å². The zero-order chi connectivity index (χ0) is 14.1. The smallest absolute Gasteiger partial charge is 0.133 e. The van der Waals surface area contributed by atoms with E-state index in [1.54, 1.807) is 0 Å². The monoisotopic (exact) mass is 332 g/mol. The molecule has 0 saturated heterocycles. The highest BCUT2D eigenvalue weighted by molar-refractivity contribution is 9.10. The molecule has 20 heavy (non-hydrogen) atoms. The molecule has 1 N–H and O–H groups in total. The second kappa shape index (κ2) is 5.58. The molecule has 2 unspecified atom stereocenters. The van der Waals surface area contributed by atoms with E-state index < -0.39 is 6.10 Å². The number of fused-ring (bicyclic) bond motifs is 1. The molecule has 3 rings (SSSR count). The number of hydrogen-bond acceptors (Lipinski definition) is 2. The average Bonchev–Trinajstić information content (AvgIpc) is 2.42. The Morgan fingerprint density at radius 1 is 1.30 bits per heavy atom. The van der Waals surface area contributed by atoms with E-state index in [-0.39, 0.29) is 5.92 Å². The lowest BCUT2D eigenvalue weighted by Gasteiger charge is -2.34. The molecule has 2 nitrogen and oxygen atoms in total. The van der Waals surface area contributed by atoms with Crippen molar-refractivity contribution in [3.8, 4) is 5.75 Å². The number of halogens is 1. The van der Waals surface area contributed by atoms with Crippen molar-refractivity contribution < 1.29 is 9.84 Å². The molecule has 1 aliphatic carbocycles. The highest BCUT2D eigenvalue weighted by Crippen LogP contribution is 2.44. The van der Waals surface area contributed by atoms with Crippen LogP contribution in [0.5, 0.6) is 5.75 Å². The van der Waals surface area contributed by atoms with Gasteiger partial charge < -0.3 is 9.84 Å². The molecule has 0 saturated carbocycles. The van der Waals surface area contributed by atoms with Crippen molar-refractivity contribution in [3.05, 3.63) is 63.6 Å². The van der Waals surface area contributed by atoms with Crippen LogP contribution in [0.2, 0.25) is 0 Å². The van der Waals surface area contributed by atoms with Crippen molar-refractivity contribution in [2.75, 3.05) is 6.61 Å². The highest BCUT2D eigenvalue weighted by Gasteiger charge is 2.32. The summed E-state index contributed by atoms with van der Waals surface area (Å²) >= 11 is 3.50. The Balaban J connectivity index is 1.82. The van der Waals surface area contributed by atoms with Gasteiger partial charge in [0.1, 0.15) is 5.75 Å². The molecule has 0 amide bonds. The van der Waals surface area contributed by atoms with Gasteiger partial charge in [0.05, 0.1) is 17.2 Å². The first-order valence-electron chi connectivity index (χ1n) is 6.88. The lowest BCUT2D eigenvalue weighted by molar-refractivity contribution is 0.134. The van der Waals surface area contributed by atoms with Crippen LogP contribution in [0.1, 0.15) is 35.6 Å². The summed E-state index contributed by atoms with van der Waals surface area (Å²) < 4.78 is 6.39. The Kier molecular flexibility index (Phi) is 3.81. The third-order valence-electron chi connectivity index (χ3n) is 3.87. The second-order valence-corrected chi connectivity index (χ2v) is 5.93.